The van der Waals surface area contributed by atoms with E-state index in [-0.39, 0.29) is 6.61 Å². The molecule has 1 rings (SSSR count). The maximum Gasteiger partial charge on any atom is 0.0612 e. The van der Waals surface area contributed by atoms with Crippen LogP contribution in [0.2, 0.25) is 0 Å². The second-order valence-corrected chi connectivity index (χ2v) is 3.45. The highest BCUT2D eigenvalue weighted by Gasteiger charge is 2.06. The third kappa shape index (κ3) is 2.82. The summed E-state index contributed by atoms with van der Waals surface area (Å²) >= 11 is 0. The van der Waals surface area contributed by atoms with Gasteiger partial charge >= 0.3 is 0 Å². The van der Waals surface area contributed by atoms with Gasteiger partial charge in [-0.1, -0.05) is 23.3 Å². The fraction of sp³-hybridized carbons (Fsp3) is 0.636. The minimum absolute atomic E-state index is 0.173. The Balaban J connectivity index is 2.43. The van der Waals surface area contributed by atoms with Crippen molar-refractivity contribution < 1.29 is 5.11 Å². The molecule has 1 nitrogen and oxygen atoms in total. The Labute approximate surface area is 74.8 Å². The quantitative estimate of drug-likeness (QED) is 0.639. The molecule has 0 aliphatic heterocycles. The van der Waals surface area contributed by atoms with Crippen molar-refractivity contribution in [3.05, 3.63) is 23.3 Å². The Morgan fingerprint density at radius 2 is 2.00 bits per heavy atom. The van der Waals surface area contributed by atoms with Gasteiger partial charge in [0, 0.05) is 0 Å². The number of allylic oxidation sites excluding steroid dienone is 3. The monoisotopic (exact) mass is 166 g/mol. The lowest BCUT2D eigenvalue weighted by atomic mass is 9.91. The van der Waals surface area contributed by atoms with Gasteiger partial charge in [-0.05, 0) is 39.0 Å². The van der Waals surface area contributed by atoms with Crippen LogP contribution in [-0.2, 0) is 0 Å². The van der Waals surface area contributed by atoms with E-state index >= 15 is 0 Å². The van der Waals surface area contributed by atoms with Gasteiger partial charge in [-0.3, -0.25) is 0 Å². The normalized spacial score (nSPS) is 19.2. The van der Waals surface area contributed by atoms with Crippen LogP contribution in [0.25, 0.3) is 0 Å². The summed E-state index contributed by atoms with van der Waals surface area (Å²) in [5.74, 6) is 0. The molecule has 0 aromatic carbocycles. The summed E-state index contributed by atoms with van der Waals surface area (Å²) in [4.78, 5) is 0. The Morgan fingerprint density at radius 3 is 2.67 bits per heavy atom. The number of rotatable bonds is 3. The summed E-state index contributed by atoms with van der Waals surface area (Å²) in [6.07, 6.45) is 10.2. The molecule has 12 heavy (non-hydrogen) atoms. The minimum Gasteiger partial charge on any atom is -0.392 e. The molecule has 0 saturated heterocycles. The first-order valence-corrected chi connectivity index (χ1v) is 4.78. The molecule has 0 aromatic heterocycles. The van der Waals surface area contributed by atoms with Crippen molar-refractivity contribution in [2.24, 2.45) is 0 Å². The van der Waals surface area contributed by atoms with E-state index in [2.05, 4.69) is 13.0 Å². The second-order valence-electron chi connectivity index (χ2n) is 3.45. The largest absolute Gasteiger partial charge is 0.392 e. The first kappa shape index (κ1) is 9.53. The number of aliphatic hydroxyl groups excluding tert-OH is 1. The van der Waals surface area contributed by atoms with Gasteiger partial charge in [0.1, 0.15) is 0 Å². The first-order chi connectivity index (χ1) is 5.84. The van der Waals surface area contributed by atoms with Crippen LogP contribution < -0.4 is 0 Å². The number of hydrogen-bond acceptors (Lipinski definition) is 1. The molecule has 0 heterocycles. The van der Waals surface area contributed by atoms with E-state index in [9.17, 15) is 0 Å². The molecule has 1 aliphatic carbocycles. The van der Waals surface area contributed by atoms with Crippen LogP contribution in [0, 0.1) is 0 Å². The molecule has 0 fully saturated rings. The van der Waals surface area contributed by atoms with E-state index in [0.717, 1.165) is 6.42 Å². The van der Waals surface area contributed by atoms with Crippen molar-refractivity contribution >= 4 is 0 Å². The minimum atomic E-state index is 0.173. The van der Waals surface area contributed by atoms with Gasteiger partial charge in [0.2, 0.25) is 0 Å². The van der Waals surface area contributed by atoms with Crippen LogP contribution in [0.5, 0.6) is 0 Å². The van der Waals surface area contributed by atoms with Crippen LogP contribution in [-0.4, -0.2) is 11.7 Å². The topological polar surface area (TPSA) is 20.2 Å². The Morgan fingerprint density at radius 1 is 1.25 bits per heavy atom. The average molecular weight is 166 g/mol. The summed E-state index contributed by atoms with van der Waals surface area (Å²) in [5.41, 5.74) is 3.16. The van der Waals surface area contributed by atoms with E-state index in [1.165, 1.54) is 25.7 Å². The zero-order valence-electron chi connectivity index (χ0n) is 7.84. The molecule has 0 aromatic rings. The molecule has 0 spiro atoms. The smallest absolute Gasteiger partial charge is 0.0612 e. The van der Waals surface area contributed by atoms with Gasteiger partial charge in [0.05, 0.1) is 6.61 Å². The van der Waals surface area contributed by atoms with Gasteiger partial charge in [0.15, 0.2) is 0 Å². The van der Waals surface area contributed by atoms with E-state index in [4.69, 9.17) is 5.11 Å². The SMILES string of the molecule is CC1=C(C/C=C/CO)CCCC1. The molecular weight excluding hydrogens is 148 g/mol. The van der Waals surface area contributed by atoms with Crippen LogP contribution in [0.3, 0.4) is 0 Å². The molecule has 1 N–H and O–H groups in total. The highest BCUT2D eigenvalue weighted by molar-refractivity contribution is 5.17. The molecule has 0 amide bonds. The highest BCUT2D eigenvalue weighted by atomic mass is 16.2. The van der Waals surface area contributed by atoms with Gasteiger partial charge in [-0.25, -0.2) is 0 Å². The van der Waals surface area contributed by atoms with Crippen LogP contribution >= 0.6 is 0 Å². The van der Waals surface area contributed by atoms with E-state index in [1.807, 2.05) is 6.08 Å². The van der Waals surface area contributed by atoms with Crippen molar-refractivity contribution in [1.82, 2.24) is 0 Å². The molecule has 1 heteroatoms. The molecule has 68 valence electrons. The van der Waals surface area contributed by atoms with E-state index in [1.54, 1.807) is 11.1 Å². The molecule has 0 radical (unpaired) electrons. The zero-order valence-corrected chi connectivity index (χ0v) is 7.84. The summed E-state index contributed by atoms with van der Waals surface area (Å²) in [7, 11) is 0. The first-order valence-electron chi connectivity index (χ1n) is 4.78. The molecule has 0 atom stereocenters. The fourth-order valence-electron chi connectivity index (χ4n) is 1.70. The van der Waals surface area contributed by atoms with Crippen molar-refractivity contribution in [3.8, 4) is 0 Å². The molecular formula is C11H18O. The molecule has 0 unspecified atom stereocenters. The Kier molecular flexibility index (Phi) is 4.09. The standard InChI is InChI=1S/C11H18O/c1-10-6-2-3-7-11(10)8-4-5-9-12/h4-5,12H,2-3,6-9H2,1H3/b5-4+. The maximum atomic E-state index is 8.56. The van der Waals surface area contributed by atoms with Crippen molar-refractivity contribution in [3.63, 3.8) is 0 Å². The van der Waals surface area contributed by atoms with Crippen LogP contribution in [0.1, 0.15) is 39.0 Å². The van der Waals surface area contributed by atoms with Crippen LogP contribution in [0.15, 0.2) is 23.3 Å². The molecule has 1 aliphatic rings. The maximum absolute atomic E-state index is 8.56. The van der Waals surface area contributed by atoms with E-state index in [0.29, 0.717) is 0 Å². The predicted molar refractivity (Wildman–Crippen MR) is 52.0 cm³/mol. The second kappa shape index (κ2) is 5.15. The van der Waals surface area contributed by atoms with Gasteiger partial charge in [-0.2, -0.15) is 0 Å². The fourth-order valence-corrected chi connectivity index (χ4v) is 1.70. The lowest BCUT2D eigenvalue weighted by molar-refractivity contribution is 0.342. The third-order valence-electron chi connectivity index (χ3n) is 2.52. The molecule has 0 saturated carbocycles. The summed E-state index contributed by atoms with van der Waals surface area (Å²) in [6.45, 7) is 2.41. The lowest BCUT2D eigenvalue weighted by Gasteiger charge is -2.15. The summed E-state index contributed by atoms with van der Waals surface area (Å²) in [5, 5.41) is 8.56. The average Bonchev–Trinajstić information content (AvgIpc) is 2.09. The van der Waals surface area contributed by atoms with Crippen molar-refractivity contribution in [2.45, 2.75) is 39.0 Å². The molecule has 0 bridgehead atoms. The highest BCUT2D eigenvalue weighted by Crippen LogP contribution is 2.26. The van der Waals surface area contributed by atoms with Gasteiger partial charge in [0.25, 0.3) is 0 Å². The van der Waals surface area contributed by atoms with Crippen molar-refractivity contribution in [2.75, 3.05) is 6.61 Å². The van der Waals surface area contributed by atoms with Gasteiger partial charge < -0.3 is 5.11 Å². The summed E-state index contributed by atoms with van der Waals surface area (Å²) < 4.78 is 0. The van der Waals surface area contributed by atoms with Crippen molar-refractivity contribution in [1.29, 1.82) is 0 Å². The lowest BCUT2D eigenvalue weighted by Crippen LogP contribution is -1.96. The Hall–Kier alpha value is -0.560. The van der Waals surface area contributed by atoms with Crippen LogP contribution in [0.4, 0.5) is 0 Å². The zero-order chi connectivity index (χ0) is 8.81. The Bertz CT molecular complexity index is 189. The summed E-state index contributed by atoms with van der Waals surface area (Å²) in [6, 6.07) is 0. The predicted octanol–water partition coefficient (Wildman–Crippen LogP) is 2.82. The number of hydrogen-bond donors (Lipinski definition) is 1. The third-order valence-corrected chi connectivity index (χ3v) is 2.52. The van der Waals surface area contributed by atoms with Gasteiger partial charge in [-0.15, -0.1) is 0 Å². The van der Waals surface area contributed by atoms with E-state index < -0.39 is 0 Å². The number of aliphatic hydroxyl groups is 1.